The van der Waals surface area contributed by atoms with E-state index in [-0.39, 0.29) is 5.92 Å². The number of halogens is 2. The van der Waals surface area contributed by atoms with Gasteiger partial charge in [0.15, 0.2) is 0 Å². The maximum Gasteiger partial charge on any atom is 0.130 e. The number of imidazole rings is 1. The summed E-state index contributed by atoms with van der Waals surface area (Å²) in [4.78, 5) is 9.82. The van der Waals surface area contributed by atoms with Crippen molar-refractivity contribution < 1.29 is 13.5 Å². The molecule has 4 nitrogen and oxygen atoms in total. The molecule has 1 aromatic heterocycles. The van der Waals surface area contributed by atoms with Crippen LogP contribution in [0.15, 0.2) is 48.8 Å². The smallest absolute Gasteiger partial charge is 0.130 e. The fourth-order valence-electron chi connectivity index (χ4n) is 3.50. The number of hydrogen-bond acceptors (Lipinski definition) is 3. The molecule has 1 aliphatic rings. The first-order valence-electron chi connectivity index (χ1n) is 8.46. The van der Waals surface area contributed by atoms with Crippen LogP contribution in [0.4, 0.5) is 8.78 Å². The van der Waals surface area contributed by atoms with Crippen molar-refractivity contribution in [2.45, 2.75) is 19.0 Å². The monoisotopic (exact) mass is 355 g/mol. The number of fused-ring (bicyclic) bond motifs is 1. The molecule has 0 aliphatic carbocycles. The Morgan fingerprint density at radius 3 is 2.73 bits per heavy atom. The van der Waals surface area contributed by atoms with E-state index < -0.39 is 11.6 Å². The summed E-state index contributed by atoms with van der Waals surface area (Å²) in [6.45, 7) is 1.77. The number of H-pyrrole nitrogens is 1. The fourth-order valence-corrected chi connectivity index (χ4v) is 3.50. The van der Waals surface area contributed by atoms with Gasteiger partial charge in [-0.25, -0.2) is 13.8 Å². The van der Waals surface area contributed by atoms with Crippen LogP contribution in [0, 0.1) is 11.6 Å². The number of hydrogen-bond donors (Lipinski definition) is 1. The SMILES string of the molecule is COc1ccc(C2CN(Cc3ccc(F)cc3F)Cc3[nH]cnc32)cc1. The average molecular weight is 355 g/mol. The molecule has 0 saturated carbocycles. The summed E-state index contributed by atoms with van der Waals surface area (Å²) in [6.07, 6.45) is 1.70. The average Bonchev–Trinajstić information content (AvgIpc) is 3.12. The Balaban J connectivity index is 1.61. The molecule has 1 unspecified atom stereocenters. The van der Waals surface area contributed by atoms with E-state index in [1.54, 1.807) is 13.4 Å². The number of aromatic nitrogens is 2. The third-order valence-electron chi connectivity index (χ3n) is 4.83. The van der Waals surface area contributed by atoms with E-state index in [0.29, 0.717) is 25.2 Å². The Labute approximate surface area is 150 Å². The molecule has 4 rings (SSSR count). The van der Waals surface area contributed by atoms with E-state index in [2.05, 4.69) is 14.9 Å². The second kappa shape index (κ2) is 6.88. The first-order chi connectivity index (χ1) is 12.6. The minimum atomic E-state index is -0.558. The minimum Gasteiger partial charge on any atom is -0.497 e. The summed E-state index contributed by atoms with van der Waals surface area (Å²) in [5.41, 5.74) is 3.66. The van der Waals surface area contributed by atoms with E-state index in [1.165, 1.54) is 12.1 Å². The second-order valence-corrected chi connectivity index (χ2v) is 6.50. The van der Waals surface area contributed by atoms with Crippen molar-refractivity contribution in [2.24, 2.45) is 0 Å². The molecule has 1 atom stereocenters. The Bertz CT molecular complexity index is 908. The van der Waals surface area contributed by atoms with E-state index in [0.717, 1.165) is 28.8 Å². The molecule has 0 saturated heterocycles. The van der Waals surface area contributed by atoms with Crippen LogP contribution in [0.1, 0.15) is 28.4 Å². The van der Waals surface area contributed by atoms with Gasteiger partial charge in [0.25, 0.3) is 0 Å². The molecule has 3 aromatic rings. The van der Waals surface area contributed by atoms with Crippen molar-refractivity contribution in [3.8, 4) is 5.75 Å². The van der Waals surface area contributed by atoms with Crippen molar-refractivity contribution in [1.82, 2.24) is 14.9 Å². The molecule has 0 fully saturated rings. The number of ether oxygens (including phenoxy) is 1. The highest BCUT2D eigenvalue weighted by atomic mass is 19.1. The van der Waals surface area contributed by atoms with E-state index in [1.807, 2.05) is 24.3 Å². The molecule has 0 radical (unpaired) electrons. The number of nitrogens with one attached hydrogen (secondary N) is 1. The normalized spacial score (nSPS) is 17.1. The van der Waals surface area contributed by atoms with Gasteiger partial charge in [0.2, 0.25) is 0 Å². The number of aromatic amines is 1. The fraction of sp³-hybridized carbons (Fsp3) is 0.250. The summed E-state index contributed by atoms with van der Waals surface area (Å²) in [7, 11) is 1.64. The molecule has 2 aromatic carbocycles. The largest absolute Gasteiger partial charge is 0.497 e. The van der Waals surface area contributed by atoms with Gasteiger partial charge in [-0.05, 0) is 23.8 Å². The first kappa shape index (κ1) is 16.7. The van der Waals surface area contributed by atoms with Crippen molar-refractivity contribution in [2.75, 3.05) is 13.7 Å². The van der Waals surface area contributed by atoms with Gasteiger partial charge >= 0.3 is 0 Å². The molecule has 1 aliphatic heterocycles. The number of methoxy groups -OCH3 is 1. The topological polar surface area (TPSA) is 41.1 Å². The Kier molecular flexibility index (Phi) is 4.42. The van der Waals surface area contributed by atoms with Gasteiger partial charge in [-0.3, -0.25) is 4.90 Å². The van der Waals surface area contributed by atoms with Crippen molar-refractivity contribution in [3.05, 3.63) is 82.9 Å². The first-order valence-corrected chi connectivity index (χ1v) is 8.46. The molecule has 2 heterocycles. The van der Waals surface area contributed by atoms with Gasteiger partial charge in [-0.2, -0.15) is 0 Å². The third kappa shape index (κ3) is 3.20. The molecular weight excluding hydrogens is 336 g/mol. The van der Waals surface area contributed by atoms with Crippen LogP contribution in [-0.4, -0.2) is 28.5 Å². The zero-order valence-electron chi connectivity index (χ0n) is 14.4. The van der Waals surface area contributed by atoms with Crippen molar-refractivity contribution in [3.63, 3.8) is 0 Å². The summed E-state index contributed by atoms with van der Waals surface area (Å²) in [5, 5.41) is 0. The molecule has 0 spiro atoms. The maximum absolute atomic E-state index is 14.0. The Morgan fingerprint density at radius 1 is 1.19 bits per heavy atom. The molecule has 1 N–H and O–H groups in total. The van der Waals surface area contributed by atoms with Gasteiger partial charge < -0.3 is 9.72 Å². The van der Waals surface area contributed by atoms with Crippen molar-refractivity contribution in [1.29, 1.82) is 0 Å². The van der Waals surface area contributed by atoms with Crippen LogP contribution in [0.2, 0.25) is 0 Å². The van der Waals surface area contributed by atoms with E-state index in [9.17, 15) is 8.78 Å². The predicted octanol–water partition coefficient (Wildman–Crippen LogP) is 3.84. The number of nitrogens with zero attached hydrogens (tertiary/aromatic N) is 2. The Hall–Kier alpha value is -2.73. The minimum absolute atomic E-state index is 0.0828. The predicted molar refractivity (Wildman–Crippen MR) is 93.9 cm³/mol. The van der Waals surface area contributed by atoms with Crippen molar-refractivity contribution >= 4 is 0 Å². The van der Waals surface area contributed by atoms with Gasteiger partial charge in [0.05, 0.1) is 24.8 Å². The van der Waals surface area contributed by atoms with E-state index in [4.69, 9.17) is 4.74 Å². The molecule has 26 heavy (non-hydrogen) atoms. The lowest BCUT2D eigenvalue weighted by atomic mass is 9.90. The lowest BCUT2D eigenvalue weighted by molar-refractivity contribution is 0.224. The highest BCUT2D eigenvalue weighted by molar-refractivity contribution is 5.37. The van der Waals surface area contributed by atoms with Gasteiger partial charge in [-0.1, -0.05) is 18.2 Å². The van der Waals surface area contributed by atoms with Crippen LogP contribution in [0.25, 0.3) is 0 Å². The molecular formula is C20H19F2N3O. The number of benzene rings is 2. The Morgan fingerprint density at radius 2 is 2.00 bits per heavy atom. The zero-order valence-corrected chi connectivity index (χ0v) is 14.4. The molecule has 6 heteroatoms. The van der Waals surface area contributed by atoms with Gasteiger partial charge in [0, 0.05) is 37.2 Å². The number of rotatable bonds is 4. The zero-order chi connectivity index (χ0) is 18.1. The van der Waals surface area contributed by atoms with Crippen LogP contribution >= 0.6 is 0 Å². The highest BCUT2D eigenvalue weighted by Crippen LogP contribution is 2.33. The van der Waals surface area contributed by atoms with Crippen LogP contribution in [0.3, 0.4) is 0 Å². The van der Waals surface area contributed by atoms with Crippen LogP contribution < -0.4 is 4.74 Å². The summed E-state index contributed by atoms with van der Waals surface area (Å²) in [5.74, 6) is -0.185. The summed E-state index contributed by atoms with van der Waals surface area (Å²) < 4.78 is 32.4. The summed E-state index contributed by atoms with van der Waals surface area (Å²) in [6, 6.07) is 11.7. The van der Waals surface area contributed by atoms with Crippen LogP contribution in [-0.2, 0) is 13.1 Å². The lowest BCUT2D eigenvalue weighted by Crippen LogP contribution is -2.34. The summed E-state index contributed by atoms with van der Waals surface area (Å²) >= 11 is 0. The molecule has 0 bridgehead atoms. The highest BCUT2D eigenvalue weighted by Gasteiger charge is 2.29. The lowest BCUT2D eigenvalue weighted by Gasteiger charge is -2.32. The quantitative estimate of drug-likeness (QED) is 0.773. The van der Waals surface area contributed by atoms with Gasteiger partial charge in [-0.15, -0.1) is 0 Å². The maximum atomic E-state index is 14.0. The van der Waals surface area contributed by atoms with E-state index >= 15 is 0 Å². The molecule has 0 amide bonds. The van der Waals surface area contributed by atoms with Gasteiger partial charge in [0.1, 0.15) is 17.4 Å². The third-order valence-corrected chi connectivity index (χ3v) is 4.83. The molecule has 134 valence electrons. The standard InChI is InChI=1S/C20H19F2N3O/c1-26-16-6-3-13(4-7-16)17-10-25(11-19-20(17)24-12-23-19)9-14-2-5-15(21)8-18(14)22/h2-8,12,17H,9-11H2,1H3,(H,23,24). The van der Waals surface area contributed by atoms with Crippen LogP contribution in [0.5, 0.6) is 5.75 Å². The second-order valence-electron chi connectivity index (χ2n) is 6.50.